The van der Waals surface area contributed by atoms with Crippen LogP contribution in [-0.4, -0.2) is 17.4 Å². The lowest BCUT2D eigenvalue weighted by molar-refractivity contribution is 0.0953. The fourth-order valence-electron chi connectivity index (χ4n) is 2.60. The molecule has 0 atom stereocenters. The summed E-state index contributed by atoms with van der Waals surface area (Å²) >= 11 is 0. The van der Waals surface area contributed by atoms with Gasteiger partial charge in [0.25, 0.3) is 5.91 Å². The summed E-state index contributed by atoms with van der Waals surface area (Å²) in [5, 5.41) is 2.90. The molecule has 1 aromatic heterocycles. The average molecular weight is 247 g/mol. The van der Waals surface area contributed by atoms with E-state index in [-0.39, 0.29) is 5.91 Å². The molecule has 1 aromatic rings. The van der Waals surface area contributed by atoms with Gasteiger partial charge in [0.05, 0.1) is 5.56 Å². The molecule has 2 rings (SSSR count). The maximum absolute atomic E-state index is 11.8. The highest BCUT2D eigenvalue weighted by molar-refractivity contribution is 5.98. The molecule has 4 heteroatoms. The van der Waals surface area contributed by atoms with Crippen molar-refractivity contribution in [3.8, 4) is 0 Å². The van der Waals surface area contributed by atoms with Crippen LogP contribution in [0.4, 0.5) is 5.82 Å². The first-order chi connectivity index (χ1) is 8.77. The van der Waals surface area contributed by atoms with Gasteiger partial charge in [-0.2, -0.15) is 0 Å². The van der Waals surface area contributed by atoms with Crippen LogP contribution in [0.25, 0.3) is 0 Å². The summed E-state index contributed by atoms with van der Waals surface area (Å²) in [6, 6.07) is 3.43. The van der Waals surface area contributed by atoms with E-state index in [0.717, 1.165) is 18.9 Å². The number of nitrogens with zero attached hydrogens (tertiary/aromatic N) is 1. The van der Waals surface area contributed by atoms with E-state index in [1.165, 1.54) is 32.1 Å². The molecule has 1 saturated carbocycles. The van der Waals surface area contributed by atoms with Crippen LogP contribution >= 0.6 is 0 Å². The fraction of sp³-hybridized carbons (Fsp3) is 0.571. The fourth-order valence-corrected chi connectivity index (χ4v) is 2.60. The molecule has 1 aliphatic carbocycles. The van der Waals surface area contributed by atoms with Gasteiger partial charge in [-0.3, -0.25) is 4.79 Å². The van der Waals surface area contributed by atoms with E-state index in [1.54, 1.807) is 18.3 Å². The van der Waals surface area contributed by atoms with Gasteiger partial charge in [0, 0.05) is 12.7 Å². The number of amides is 1. The number of hydrogen-bond acceptors (Lipinski definition) is 3. The third-order valence-corrected chi connectivity index (χ3v) is 3.63. The Labute approximate surface area is 108 Å². The first-order valence-corrected chi connectivity index (χ1v) is 6.76. The van der Waals surface area contributed by atoms with Crippen LogP contribution in [0.15, 0.2) is 18.3 Å². The second kappa shape index (κ2) is 6.38. The van der Waals surface area contributed by atoms with Gasteiger partial charge in [0.2, 0.25) is 0 Å². The molecule has 0 saturated heterocycles. The molecule has 4 nitrogen and oxygen atoms in total. The zero-order valence-electron chi connectivity index (χ0n) is 10.7. The molecule has 0 aromatic carbocycles. The van der Waals surface area contributed by atoms with Crippen molar-refractivity contribution in [3.05, 3.63) is 23.9 Å². The van der Waals surface area contributed by atoms with Crippen molar-refractivity contribution in [1.82, 2.24) is 10.3 Å². The summed E-state index contributed by atoms with van der Waals surface area (Å²) in [4.78, 5) is 15.7. The maximum Gasteiger partial charge on any atom is 0.255 e. The number of aromatic nitrogens is 1. The van der Waals surface area contributed by atoms with Crippen molar-refractivity contribution in [1.29, 1.82) is 0 Å². The zero-order chi connectivity index (χ0) is 12.8. The highest BCUT2D eigenvalue weighted by atomic mass is 16.1. The minimum absolute atomic E-state index is 0.118. The summed E-state index contributed by atoms with van der Waals surface area (Å²) in [5.74, 6) is 1.06. The van der Waals surface area contributed by atoms with Crippen molar-refractivity contribution in [2.45, 2.75) is 38.5 Å². The van der Waals surface area contributed by atoms with E-state index >= 15 is 0 Å². The Hall–Kier alpha value is -1.58. The highest BCUT2D eigenvalue weighted by Crippen LogP contribution is 2.28. The summed E-state index contributed by atoms with van der Waals surface area (Å²) in [5.41, 5.74) is 6.12. The van der Waals surface area contributed by atoms with E-state index in [2.05, 4.69) is 10.3 Å². The van der Waals surface area contributed by atoms with E-state index in [1.807, 2.05) is 0 Å². The van der Waals surface area contributed by atoms with Gasteiger partial charge in [-0.1, -0.05) is 25.7 Å². The SMILES string of the molecule is Nc1ncccc1C(=O)NCCCC1CCCC1. The third-order valence-electron chi connectivity index (χ3n) is 3.63. The van der Waals surface area contributed by atoms with Crippen LogP contribution in [-0.2, 0) is 0 Å². The molecular formula is C14H21N3O. The van der Waals surface area contributed by atoms with Gasteiger partial charge >= 0.3 is 0 Å². The lowest BCUT2D eigenvalue weighted by Gasteiger charge is -2.09. The summed E-state index contributed by atoms with van der Waals surface area (Å²) in [6.07, 6.45) is 9.35. The monoisotopic (exact) mass is 247 g/mol. The van der Waals surface area contributed by atoms with E-state index in [0.29, 0.717) is 11.4 Å². The number of carbonyl (C=O) groups excluding carboxylic acids is 1. The summed E-state index contributed by atoms with van der Waals surface area (Å²) in [7, 11) is 0. The van der Waals surface area contributed by atoms with Crippen LogP contribution in [0.5, 0.6) is 0 Å². The Morgan fingerprint density at radius 1 is 1.44 bits per heavy atom. The van der Waals surface area contributed by atoms with Gasteiger partial charge < -0.3 is 11.1 Å². The molecule has 98 valence electrons. The van der Waals surface area contributed by atoms with Crippen LogP contribution in [0.1, 0.15) is 48.9 Å². The van der Waals surface area contributed by atoms with Crippen molar-refractivity contribution >= 4 is 11.7 Å². The van der Waals surface area contributed by atoms with Crippen molar-refractivity contribution < 1.29 is 4.79 Å². The molecule has 1 heterocycles. The Balaban J connectivity index is 1.70. The van der Waals surface area contributed by atoms with Crippen LogP contribution in [0.2, 0.25) is 0 Å². The quantitative estimate of drug-likeness (QED) is 0.785. The van der Waals surface area contributed by atoms with Crippen LogP contribution < -0.4 is 11.1 Å². The topological polar surface area (TPSA) is 68.0 Å². The molecule has 18 heavy (non-hydrogen) atoms. The normalized spacial score (nSPS) is 15.8. The summed E-state index contributed by atoms with van der Waals surface area (Å²) < 4.78 is 0. The summed E-state index contributed by atoms with van der Waals surface area (Å²) in [6.45, 7) is 0.726. The number of pyridine rings is 1. The van der Waals surface area contributed by atoms with Gasteiger partial charge in [0.1, 0.15) is 5.82 Å². The second-order valence-electron chi connectivity index (χ2n) is 4.98. The number of nitrogen functional groups attached to an aromatic ring is 1. The van der Waals surface area contributed by atoms with Gasteiger partial charge in [-0.15, -0.1) is 0 Å². The average Bonchev–Trinajstić information content (AvgIpc) is 2.88. The molecule has 1 fully saturated rings. The minimum atomic E-state index is -0.118. The van der Waals surface area contributed by atoms with E-state index in [9.17, 15) is 4.79 Å². The van der Waals surface area contributed by atoms with Gasteiger partial charge in [-0.05, 0) is 30.9 Å². The number of hydrogen-bond donors (Lipinski definition) is 2. The molecule has 0 unspecified atom stereocenters. The van der Waals surface area contributed by atoms with E-state index < -0.39 is 0 Å². The Kier molecular flexibility index (Phi) is 4.56. The lowest BCUT2D eigenvalue weighted by Crippen LogP contribution is -2.25. The molecule has 0 aliphatic heterocycles. The molecule has 0 bridgehead atoms. The van der Waals surface area contributed by atoms with E-state index in [4.69, 9.17) is 5.73 Å². The first kappa shape index (κ1) is 12.9. The number of nitrogens with one attached hydrogen (secondary N) is 1. The van der Waals surface area contributed by atoms with Crippen molar-refractivity contribution in [3.63, 3.8) is 0 Å². The molecular weight excluding hydrogens is 226 g/mol. The predicted molar refractivity (Wildman–Crippen MR) is 72.2 cm³/mol. The zero-order valence-corrected chi connectivity index (χ0v) is 10.7. The maximum atomic E-state index is 11.8. The first-order valence-electron chi connectivity index (χ1n) is 6.76. The second-order valence-corrected chi connectivity index (χ2v) is 4.98. The Morgan fingerprint density at radius 3 is 2.94 bits per heavy atom. The van der Waals surface area contributed by atoms with Crippen molar-refractivity contribution in [2.24, 2.45) is 5.92 Å². The number of anilines is 1. The Bertz CT molecular complexity index is 400. The molecule has 1 aliphatic rings. The van der Waals surface area contributed by atoms with Crippen molar-refractivity contribution in [2.75, 3.05) is 12.3 Å². The standard InChI is InChI=1S/C14H21N3O/c15-13-12(8-4-9-16-13)14(18)17-10-3-7-11-5-1-2-6-11/h4,8-9,11H,1-3,5-7,10H2,(H2,15,16)(H,17,18). The molecule has 0 spiro atoms. The predicted octanol–water partition coefficient (Wildman–Crippen LogP) is 2.36. The number of nitrogens with two attached hydrogens (primary N) is 1. The number of rotatable bonds is 5. The Morgan fingerprint density at radius 2 is 2.22 bits per heavy atom. The largest absolute Gasteiger partial charge is 0.383 e. The lowest BCUT2D eigenvalue weighted by atomic mass is 10.0. The minimum Gasteiger partial charge on any atom is -0.383 e. The molecule has 3 N–H and O–H groups in total. The number of carbonyl (C=O) groups is 1. The smallest absolute Gasteiger partial charge is 0.255 e. The third kappa shape index (κ3) is 3.45. The van der Waals surface area contributed by atoms with Crippen LogP contribution in [0, 0.1) is 5.92 Å². The van der Waals surface area contributed by atoms with Crippen LogP contribution in [0.3, 0.4) is 0 Å². The molecule has 1 amide bonds. The van der Waals surface area contributed by atoms with Gasteiger partial charge in [0.15, 0.2) is 0 Å². The highest BCUT2D eigenvalue weighted by Gasteiger charge is 2.14. The molecule has 0 radical (unpaired) electrons. The van der Waals surface area contributed by atoms with Gasteiger partial charge in [-0.25, -0.2) is 4.98 Å².